The van der Waals surface area contributed by atoms with Gasteiger partial charge in [-0.3, -0.25) is 4.79 Å². The van der Waals surface area contributed by atoms with Gasteiger partial charge in [-0.15, -0.1) is 0 Å². The molecule has 0 unspecified atom stereocenters. The molecule has 0 aliphatic carbocycles. The number of amides is 1. The highest BCUT2D eigenvalue weighted by atomic mass is 35.5. The van der Waals surface area contributed by atoms with Crippen LogP contribution in [0, 0.1) is 0 Å². The van der Waals surface area contributed by atoms with Crippen LogP contribution < -0.4 is 5.32 Å². The Morgan fingerprint density at radius 2 is 1.86 bits per heavy atom. The van der Waals surface area contributed by atoms with Crippen LogP contribution >= 0.6 is 23.2 Å². The van der Waals surface area contributed by atoms with Crippen LogP contribution in [0.1, 0.15) is 0 Å². The number of carbonyl (C=O) groups is 1. The number of carbonyl (C=O) groups excluding carboxylic acids is 1. The van der Waals surface area contributed by atoms with Gasteiger partial charge in [-0.25, -0.2) is 4.98 Å². The van der Waals surface area contributed by atoms with Gasteiger partial charge in [-0.1, -0.05) is 35.3 Å². The number of hydrogen-bond donors (Lipinski definition) is 1. The molecule has 0 saturated carbocycles. The van der Waals surface area contributed by atoms with Crippen molar-refractivity contribution in [3.63, 3.8) is 0 Å². The van der Waals surface area contributed by atoms with Gasteiger partial charge in [-0.2, -0.15) is 0 Å². The molecule has 21 heavy (non-hydrogen) atoms. The first-order valence-corrected chi connectivity index (χ1v) is 7.03. The lowest BCUT2D eigenvalue weighted by molar-refractivity contribution is -0.116. The van der Waals surface area contributed by atoms with E-state index < -0.39 is 0 Å². The topological polar surface area (TPSA) is 46.9 Å². The Balaban J connectivity index is 1.77. The molecule has 2 aromatic carbocycles. The molecule has 4 nitrogen and oxygen atoms in total. The minimum absolute atomic E-state index is 0.170. The second kappa shape index (κ2) is 5.76. The minimum atomic E-state index is -0.170. The first kappa shape index (κ1) is 13.9. The van der Waals surface area contributed by atoms with Crippen LogP contribution in [0.2, 0.25) is 10.0 Å². The lowest BCUT2D eigenvalue weighted by atomic mass is 10.3. The summed E-state index contributed by atoms with van der Waals surface area (Å²) in [6.07, 6.45) is 1.65. The van der Waals surface area contributed by atoms with E-state index in [0.717, 1.165) is 11.0 Å². The molecule has 0 fully saturated rings. The lowest BCUT2D eigenvalue weighted by Gasteiger charge is -2.07. The maximum atomic E-state index is 12.1. The van der Waals surface area contributed by atoms with Crippen molar-refractivity contribution < 1.29 is 4.79 Å². The van der Waals surface area contributed by atoms with Crippen molar-refractivity contribution in [1.29, 1.82) is 0 Å². The number of para-hydroxylation sites is 2. The third kappa shape index (κ3) is 3.17. The van der Waals surface area contributed by atoms with Gasteiger partial charge in [0, 0.05) is 15.7 Å². The van der Waals surface area contributed by atoms with Gasteiger partial charge in [0.1, 0.15) is 6.54 Å². The molecule has 0 bridgehead atoms. The third-order valence-corrected chi connectivity index (χ3v) is 3.42. The highest BCUT2D eigenvalue weighted by Crippen LogP contribution is 2.22. The van der Waals surface area contributed by atoms with Crippen molar-refractivity contribution in [1.82, 2.24) is 9.55 Å². The molecule has 0 spiro atoms. The predicted molar refractivity (Wildman–Crippen MR) is 84.8 cm³/mol. The summed E-state index contributed by atoms with van der Waals surface area (Å²) < 4.78 is 1.79. The minimum Gasteiger partial charge on any atom is -0.324 e. The number of hydrogen-bond acceptors (Lipinski definition) is 2. The molecule has 0 aliphatic heterocycles. The average molecular weight is 320 g/mol. The van der Waals surface area contributed by atoms with E-state index in [1.54, 1.807) is 29.1 Å². The van der Waals surface area contributed by atoms with Crippen molar-refractivity contribution in [3.8, 4) is 0 Å². The van der Waals surface area contributed by atoms with Gasteiger partial charge in [0.25, 0.3) is 0 Å². The highest BCUT2D eigenvalue weighted by Gasteiger charge is 2.08. The Kier molecular flexibility index (Phi) is 3.82. The average Bonchev–Trinajstić information content (AvgIpc) is 2.81. The summed E-state index contributed by atoms with van der Waals surface area (Å²) in [7, 11) is 0. The van der Waals surface area contributed by atoms with Gasteiger partial charge in [-0.05, 0) is 30.3 Å². The van der Waals surface area contributed by atoms with Crippen LogP contribution in [0.4, 0.5) is 5.69 Å². The summed E-state index contributed by atoms with van der Waals surface area (Å²) in [4.78, 5) is 16.3. The molecule has 106 valence electrons. The fourth-order valence-electron chi connectivity index (χ4n) is 2.12. The van der Waals surface area contributed by atoms with Gasteiger partial charge < -0.3 is 9.88 Å². The first-order chi connectivity index (χ1) is 10.1. The molecule has 1 amide bonds. The summed E-state index contributed by atoms with van der Waals surface area (Å²) in [5.74, 6) is -0.170. The molecule has 1 aromatic heterocycles. The SMILES string of the molecule is O=C(Cn1cnc2ccccc21)Nc1cc(Cl)cc(Cl)c1. The summed E-state index contributed by atoms with van der Waals surface area (Å²) in [5, 5.41) is 3.73. The number of benzene rings is 2. The smallest absolute Gasteiger partial charge is 0.244 e. The van der Waals surface area contributed by atoms with E-state index >= 15 is 0 Å². The second-order valence-electron chi connectivity index (χ2n) is 4.57. The Morgan fingerprint density at radius 3 is 2.62 bits per heavy atom. The maximum Gasteiger partial charge on any atom is 0.244 e. The normalized spacial score (nSPS) is 10.8. The first-order valence-electron chi connectivity index (χ1n) is 6.27. The fourth-order valence-corrected chi connectivity index (χ4v) is 2.64. The van der Waals surface area contributed by atoms with Gasteiger partial charge in [0.2, 0.25) is 5.91 Å². The Bertz CT molecular complexity index is 793. The van der Waals surface area contributed by atoms with E-state index in [1.165, 1.54) is 0 Å². The number of rotatable bonds is 3. The number of aromatic nitrogens is 2. The van der Waals surface area contributed by atoms with Crippen LogP contribution in [0.5, 0.6) is 0 Å². The summed E-state index contributed by atoms with van der Waals surface area (Å²) in [6, 6.07) is 12.6. The van der Waals surface area contributed by atoms with Crippen LogP contribution in [0.25, 0.3) is 11.0 Å². The zero-order valence-electron chi connectivity index (χ0n) is 10.9. The van der Waals surface area contributed by atoms with Crippen molar-refractivity contribution in [2.24, 2.45) is 0 Å². The molecule has 1 heterocycles. The number of imidazole rings is 1. The zero-order chi connectivity index (χ0) is 14.8. The molecule has 1 N–H and O–H groups in total. The maximum absolute atomic E-state index is 12.1. The van der Waals surface area contributed by atoms with E-state index in [1.807, 2.05) is 24.3 Å². The van der Waals surface area contributed by atoms with E-state index in [0.29, 0.717) is 15.7 Å². The molecule has 0 atom stereocenters. The van der Waals surface area contributed by atoms with Crippen LogP contribution in [0.3, 0.4) is 0 Å². The monoisotopic (exact) mass is 319 g/mol. The summed E-state index contributed by atoms with van der Waals surface area (Å²) in [5.41, 5.74) is 2.34. The highest BCUT2D eigenvalue weighted by molar-refractivity contribution is 6.35. The molecular formula is C15H11Cl2N3O. The molecule has 6 heteroatoms. The van der Waals surface area contributed by atoms with E-state index in [9.17, 15) is 4.79 Å². The number of nitrogens with zero attached hydrogens (tertiary/aromatic N) is 2. The van der Waals surface area contributed by atoms with Crippen LogP contribution in [-0.4, -0.2) is 15.5 Å². The Hall–Kier alpha value is -2.04. The Morgan fingerprint density at radius 1 is 1.14 bits per heavy atom. The molecular weight excluding hydrogens is 309 g/mol. The lowest BCUT2D eigenvalue weighted by Crippen LogP contribution is -2.18. The van der Waals surface area contributed by atoms with Crippen molar-refractivity contribution in [2.45, 2.75) is 6.54 Å². The van der Waals surface area contributed by atoms with Crippen LogP contribution in [0.15, 0.2) is 48.8 Å². The van der Waals surface area contributed by atoms with Crippen molar-refractivity contribution >= 4 is 45.8 Å². The standard InChI is InChI=1S/C15H11Cl2N3O/c16-10-5-11(17)7-12(6-10)19-15(21)8-20-9-18-13-3-1-2-4-14(13)20/h1-7,9H,8H2,(H,19,21). The zero-order valence-corrected chi connectivity index (χ0v) is 12.4. The number of halogens is 2. The number of nitrogens with one attached hydrogen (secondary N) is 1. The number of fused-ring (bicyclic) bond motifs is 1. The molecule has 3 aromatic rings. The van der Waals surface area contributed by atoms with E-state index in [2.05, 4.69) is 10.3 Å². The Labute approximate surface area is 131 Å². The van der Waals surface area contributed by atoms with Crippen LogP contribution in [-0.2, 0) is 11.3 Å². The third-order valence-electron chi connectivity index (χ3n) is 2.99. The van der Waals surface area contributed by atoms with Crippen molar-refractivity contribution in [2.75, 3.05) is 5.32 Å². The van der Waals surface area contributed by atoms with E-state index in [-0.39, 0.29) is 12.5 Å². The summed E-state index contributed by atoms with van der Waals surface area (Å²) in [6.45, 7) is 0.171. The predicted octanol–water partition coefficient (Wildman–Crippen LogP) is 3.98. The van der Waals surface area contributed by atoms with Gasteiger partial charge in [0.05, 0.1) is 17.4 Å². The van der Waals surface area contributed by atoms with Gasteiger partial charge in [0.15, 0.2) is 0 Å². The molecule has 0 radical (unpaired) electrons. The second-order valence-corrected chi connectivity index (χ2v) is 5.44. The largest absolute Gasteiger partial charge is 0.324 e. The molecule has 0 saturated heterocycles. The van der Waals surface area contributed by atoms with E-state index in [4.69, 9.17) is 23.2 Å². The van der Waals surface area contributed by atoms with Gasteiger partial charge >= 0.3 is 0 Å². The molecule has 0 aliphatic rings. The quantitative estimate of drug-likeness (QED) is 0.793. The molecule has 3 rings (SSSR count). The number of anilines is 1. The van der Waals surface area contributed by atoms with Crippen molar-refractivity contribution in [3.05, 3.63) is 58.8 Å². The fraction of sp³-hybridized carbons (Fsp3) is 0.0667. The summed E-state index contributed by atoms with van der Waals surface area (Å²) >= 11 is 11.8.